The van der Waals surface area contributed by atoms with Crippen LogP contribution in [0.3, 0.4) is 0 Å². The van der Waals surface area contributed by atoms with E-state index in [0.29, 0.717) is 0 Å². The molecule has 2 N–H and O–H groups in total. The van der Waals surface area contributed by atoms with Gasteiger partial charge in [0.2, 0.25) is 0 Å². The van der Waals surface area contributed by atoms with Gasteiger partial charge >= 0.3 is 11.8 Å². The van der Waals surface area contributed by atoms with Crippen LogP contribution in [-0.4, -0.2) is 30.6 Å². The first kappa shape index (κ1) is 15.2. The van der Waals surface area contributed by atoms with E-state index in [0.717, 1.165) is 9.75 Å². The number of amides is 2. The van der Waals surface area contributed by atoms with Gasteiger partial charge < -0.3 is 14.6 Å². The van der Waals surface area contributed by atoms with Gasteiger partial charge in [0, 0.05) is 29.5 Å². The van der Waals surface area contributed by atoms with Gasteiger partial charge in [-0.2, -0.15) is 0 Å². The van der Waals surface area contributed by atoms with E-state index in [2.05, 4.69) is 20.3 Å². The van der Waals surface area contributed by atoms with Gasteiger partial charge in [-0.15, -0.1) is 11.3 Å². The van der Waals surface area contributed by atoms with Crippen molar-refractivity contribution < 1.29 is 18.8 Å². The Hall–Kier alpha value is -2.19. The van der Waals surface area contributed by atoms with Crippen molar-refractivity contribution in [2.45, 2.75) is 13.0 Å². The first-order valence-corrected chi connectivity index (χ1v) is 7.00. The first-order valence-electron chi connectivity index (χ1n) is 6.19. The molecule has 0 saturated carbocycles. The highest BCUT2D eigenvalue weighted by molar-refractivity contribution is 7.12. The van der Waals surface area contributed by atoms with Crippen molar-refractivity contribution in [3.8, 4) is 0 Å². The number of ether oxygens (including phenoxy) is 1. The quantitative estimate of drug-likeness (QED) is 0.816. The lowest BCUT2D eigenvalue weighted by Crippen LogP contribution is -2.37. The number of methoxy groups -OCH3 is 1. The molecule has 0 aliphatic rings. The first-order chi connectivity index (χ1) is 10.1. The minimum atomic E-state index is -0.805. The maximum atomic E-state index is 11.7. The molecule has 2 heterocycles. The van der Waals surface area contributed by atoms with Crippen molar-refractivity contribution in [2.24, 2.45) is 0 Å². The van der Waals surface area contributed by atoms with Gasteiger partial charge in [-0.1, -0.05) is 5.16 Å². The molecule has 21 heavy (non-hydrogen) atoms. The average Bonchev–Trinajstić information content (AvgIpc) is 3.11. The van der Waals surface area contributed by atoms with E-state index >= 15 is 0 Å². The van der Waals surface area contributed by atoms with E-state index < -0.39 is 11.8 Å². The zero-order valence-electron chi connectivity index (χ0n) is 11.6. The number of thiophene rings is 1. The van der Waals surface area contributed by atoms with E-state index in [1.807, 2.05) is 19.1 Å². The number of anilines is 1. The molecule has 0 aliphatic carbocycles. The van der Waals surface area contributed by atoms with Gasteiger partial charge in [0.25, 0.3) is 0 Å². The van der Waals surface area contributed by atoms with E-state index in [1.165, 1.54) is 12.3 Å². The maximum Gasteiger partial charge on any atom is 0.314 e. The third-order valence-electron chi connectivity index (χ3n) is 2.70. The lowest BCUT2D eigenvalue weighted by Gasteiger charge is -2.14. The fourth-order valence-electron chi connectivity index (χ4n) is 1.64. The van der Waals surface area contributed by atoms with E-state index in [4.69, 9.17) is 4.74 Å². The van der Waals surface area contributed by atoms with Gasteiger partial charge in [-0.25, -0.2) is 0 Å². The number of aryl methyl sites for hydroxylation is 1. The molecule has 0 saturated heterocycles. The number of nitrogens with one attached hydrogen (secondary N) is 2. The number of nitrogens with zero attached hydrogens (tertiary/aromatic N) is 1. The van der Waals surface area contributed by atoms with Crippen LogP contribution in [0.4, 0.5) is 5.82 Å². The number of carbonyl (C=O) groups is 2. The van der Waals surface area contributed by atoms with Crippen molar-refractivity contribution in [3.05, 3.63) is 34.2 Å². The normalized spacial score (nSPS) is 11.9. The molecule has 1 unspecified atom stereocenters. The summed E-state index contributed by atoms with van der Waals surface area (Å²) in [6.07, 6.45) is 1.01. The van der Waals surface area contributed by atoms with Crippen LogP contribution in [0.5, 0.6) is 0 Å². The molecule has 0 aromatic carbocycles. The van der Waals surface area contributed by atoms with Crippen LogP contribution in [0.2, 0.25) is 0 Å². The summed E-state index contributed by atoms with van der Waals surface area (Å²) >= 11 is 1.59. The molecular formula is C13H15N3O4S. The Kier molecular flexibility index (Phi) is 5.07. The van der Waals surface area contributed by atoms with Crippen molar-refractivity contribution in [3.63, 3.8) is 0 Å². The van der Waals surface area contributed by atoms with Crippen LogP contribution in [0.1, 0.15) is 15.9 Å². The molecule has 0 radical (unpaired) electrons. The van der Waals surface area contributed by atoms with Crippen LogP contribution in [0.25, 0.3) is 0 Å². The third kappa shape index (κ3) is 4.14. The highest BCUT2D eigenvalue weighted by Gasteiger charge is 2.18. The Morgan fingerprint density at radius 3 is 2.76 bits per heavy atom. The highest BCUT2D eigenvalue weighted by atomic mass is 32.1. The highest BCUT2D eigenvalue weighted by Crippen LogP contribution is 2.24. The summed E-state index contributed by atoms with van der Waals surface area (Å²) in [5, 5.41) is 8.33. The van der Waals surface area contributed by atoms with Crippen LogP contribution >= 0.6 is 11.3 Å². The molecule has 2 aromatic heterocycles. The molecule has 0 bridgehead atoms. The largest absolute Gasteiger partial charge is 0.374 e. The molecule has 7 nitrogen and oxygen atoms in total. The van der Waals surface area contributed by atoms with Gasteiger partial charge in [0.05, 0.1) is 0 Å². The lowest BCUT2D eigenvalue weighted by atomic mass is 10.3. The van der Waals surface area contributed by atoms with Gasteiger partial charge in [0.1, 0.15) is 12.4 Å². The monoisotopic (exact) mass is 309 g/mol. The molecule has 0 spiro atoms. The standard InChI is InChI=1S/C13H15N3O4S/c1-8-3-4-10(21-8)9(19-2)7-14-12(17)13(18)15-11-5-6-20-16-11/h3-6,9H,7H2,1-2H3,(H,14,17)(H,15,16,18). The lowest BCUT2D eigenvalue weighted by molar-refractivity contribution is -0.136. The van der Waals surface area contributed by atoms with E-state index in [-0.39, 0.29) is 18.5 Å². The fraction of sp³-hybridized carbons (Fsp3) is 0.308. The molecule has 0 aliphatic heterocycles. The molecule has 8 heteroatoms. The third-order valence-corrected chi connectivity index (χ3v) is 3.79. The smallest absolute Gasteiger partial charge is 0.314 e. The fourth-order valence-corrected chi connectivity index (χ4v) is 2.60. The summed E-state index contributed by atoms with van der Waals surface area (Å²) in [7, 11) is 1.56. The zero-order chi connectivity index (χ0) is 15.2. The average molecular weight is 309 g/mol. The summed E-state index contributed by atoms with van der Waals surface area (Å²) in [6.45, 7) is 2.20. The second-order valence-electron chi connectivity index (χ2n) is 4.22. The minimum Gasteiger partial charge on any atom is -0.374 e. The van der Waals surface area contributed by atoms with Crippen LogP contribution in [-0.2, 0) is 14.3 Å². The Balaban J connectivity index is 1.86. The van der Waals surface area contributed by atoms with Crippen LogP contribution in [0, 0.1) is 6.92 Å². The summed E-state index contributed by atoms with van der Waals surface area (Å²) in [5.41, 5.74) is 0. The number of hydrogen-bond donors (Lipinski definition) is 2. The number of hydrogen-bond acceptors (Lipinski definition) is 6. The Morgan fingerprint density at radius 1 is 1.38 bits per heavy atom. The summed E-state index contributed by atoms with van der Waals surface area (Å²) in [5.74, 6) is -1.37. The van der Waals surface area contributed by atoms with Gasteiger partial charge in [0.15, 0.2) is 5.82 Å². The van der Waals surface area contributed by atoms with Crippen LogP contribution < -0.4 is 10.6 Å². The molecular weight excluding hydrogens is 294 g/mol. The van der Waals surface area contributed by atoms with Gasteiger partial charge in [-0.05, 0) is 19.1 Å². The molecule has 2 rings (SSSR count). The van der Waals surface area contributed by atoms with E-state index in [9.17, 15) is 9.59 Å². The summed E-state index contributed by atoms with van der Waals surface area (Å²) in [6, 6.07) is 5.36. The minimum absolute atomic E-state index is 0.187. The topological polar surface area (TPSA) is 93.5 Å². The molecule has 2 amide bonds. The predicted molar refractivity (Wildman–Crippen MR) is 76.9 cm³/mol. The summed E-state index contributed by atoms with van der Waals surface area (Å²) < 4.78 is 9.88. The SMILES string of the molecule is COC(CNC(=O)C(=O)Nc1ccon1)c1ccc(C)s1. The molecule has 112 valence electrons. The predicted octanol–water partition coefficient (Wildman–Crippen LogP) is 1.49. The zero-order valence-corrected chi connectivity index (χ0v) is 12.4. The van der Waals surface area contributed by atoms with Crippen LogP contribution in [0.15, 0.2) is 29.0 Å². The molecule has 0 fully saturated rings. The van der Waals surface area contributed by atoms with Crippen molar-refractivity contribution in [1.29, 1.82) is 0 Å². The molecule has 1 atom stereocenters. The van der Waals surface area contributed by atoms with Crippen molar-refractivity contribution in [1.82, 2.24) is 10.5 Å². The molecule has 2 aromatic rings. The summed E-state index contributed by atoms with van der Waals surface area (Å²) in [4.78, 5) is 25.4. The second-order valence-corrected chi connectivity index (χ2v) is 5.54. The van der Waals surface area contributed by atoms with Crippen molar-refractivity contribution in [2.75, 3.05) is 19.0 Å². The second kappa shape index (κ2) is 7.00. The Morgan fingerprint density at radius 2 is 2.19 bits per heavy atom. The van der Waals surface area contributed by atoms with Gasteiger partial charge in [-0.3, -0.25) is 14.9 Å². The Bertz CT molecular complexity index is 609. The van der Waals surface area contributed by atoms with Crippen molar-refractivity contribution >= 4 is 29.0 Å². The Labute approximate surface area is 125 Å². The number of aromatic nitrogens is 1. The number of carbonyl (C=O) groups excluding carboxylic acids is 2. The number of rotatable bonds is 5. The van der Waals surface area contributed by atoms with E-state index in [1.54, 1.807) is 18.4 Å². The maximum absolute atomic E-state index is 11.7.